The van der Waals surface area contributed by atoms with E-state index in [2.05, 4.69) is 17.4 Å². The van der Waals surface area contributed by atoms with E-state index in [1.165, 1.54) is 61.1 Å². The maximum atomic E-state index is 13.7. The molecule has 6 rings (SSSR count). The van der Waals surface area contributed by atoms with Gasteiger partial charge in [0.15, 0.2) is 0 Å². The molecule has 2 aromatic carbocycles. The van der Waals surface area contributed by atoms with Crippen LogP contribution in [0, 0.1) is 23.6 Å². The van der Waals surface area contributed by atoms with Crippen molar-refractivity contribution >= 4 is 27.5 Å². The number of hydrogen-bond donors (Lipinski definition) is 1. The first-order valence-corrected chi connectivity index (χ1v) is 16.7. The number of nitrogens with one attached hydrogen (secondary N) is 1. The van der Waals surface area contributed by atoms with E-state index in [1.54, 1.807) is 19.1 Å². The topological polar surface area (TPSA) is 86.8 Å². The van der Waals surface area contributed by atoms with E-state index in [0.717, 1.165) is 34.7 Å². The van der Waals surface area contributed by atoms with Crippen LogP contribution in [0.4, 0.5) is 10.1 Å². The van der Waals surface area contributed by atoms with E-state index in [0.29, 0.717) is 17.8 Å². The van der Waals surface area contributed by atoms with Crippen molar-refractivity contribution in [2.45, 2.75) is 76.8 Å². The zero-order valence-corrected chi connectivity index (χ0v) is 25.1. The highest BCUT2D eigenvalue weighted by Crippen LogP contribution is 2.60. The molecule has 0 heterocycles. The summed E-state index contributed by atoms with van der Waals surface area (Å²) in [5.41, 5.74) is 2.53. The third-order valence-electron chi connectivity index (χ3n) is 9.47. The summed E-state index contributed by atoms with van der Waals surface area (Å²) in [7, 11) is -3.81. The Labute approximate surface area is 243 Å². The zero-order valence-electron chi connectivity index (χ0n) is 24.3. The van der Waals surface area contributed by atoms with Crippen molar-refractivity contribution in [3.8, 4) is 0 Å². The van der Waals surface area contributed by atoms with E-state index in [9.17, 15) is 22.4 Å². The summed E-state index contributed by atoms with van der Waals surface area (Å²) in [5, 5.41) is 2.81. The molecule has 7 nitrogen and oxygen atoms in total. The lowest BCUT2D eigenvalue weighted by molar-refractivity contribution is -0.139. The fourth-order valence-electron chi connectivity index (χ4n) is 7.82. The Morgan fingerprint density at radius 1 is 0.976 bits per heavy atom. The Morgan fingerprint density at radius 2 is 1.54 bits per heavy atom. The molecule has 0 saturated heterocycles. The molecule has 41 heavy (non-hydrogen) atoms. The molecule has 2 amide bonds. The fourth-order valence-corrected chi connectivity index (χ4v) is 8.67. The molecule has 0 unspecified atom stereocenters. The molecule has 2 aromatic rings. The van der Waals surface area contributed by atoms with Gasteiger partial charge in [-0.1, -0.05) is 31.2 Å². The van der Waals surface area contributed by atoms with Gasteiger partial charge in [0, 0.05) is 13.1 Å². The number of anilines is 1. The third-order valence-corrected chi connectivity index (χ3v) is 10.6. The van der Waals surface area contributed by atoms with Gasteiger partial charge in [-0.2, -0.15) is 0 Å². The Morgan fingerprint density at radius 3 is 2.05 bits per heavy atom. The number of nitrogens with zero attached hydrogens (tertiary/aromatic N) is 2. The van der Waals surface area contributed by atoms with Crippen molar-refractivity contribution in [3.63, 3.8) is 0 Å². The molecule has 1 N–H and O–H groups in total. The van der Waals surface area contributed by atoms with Crippen LogP contribution in [0.15, 0.2) is 48.5 Å². The molecular formula is C32H42FN3O4S. The highest BCUT2D eigenvalue weighted by molar-refractivity contribution is 7.92. The number of halogens is 1. The van der Waals surface area contributed by atoms with Gasteiger partial charge >= 0.3 is 0 Å². The molecule has 4 fully saturated rings. The monoisotopic (exact) mass is 583 g/mol. The molecule has 9 heteroatoms. The minimum Gasteiger partial charge on any atom is -0.354 e. The number of amides is 2. The van der Waals surface area contributed by atoms with Crippen LogP contribution in [0.5, 0.6) is 0 Å². The molecule has 4 saturated carbocycles. The summed E-state index contributed by atoms with van der Waals surface area (Å²) in [5.74, 6) is 1.16. The van der Waals surface area contributed by atoms with Gasteiger partial charge < -0.3 is 10.2 Å². The van der Waals surface area contributed by atoms with Crippen molar-refractivity contribution in [2.75, 3.05) is 23.7 Å². The number of sulfonamides is 1. The Bertz CT molecular complexity index is 1330. The second-order valence-electron chi connectivity index (χ2n) is 12.6. The normalized spacial score (nSPS) is 25.5. The van der Waals surface area contributed by atoms with E-state index in [-0.39, 0.29) is 17.9 Å². The quantitative estimate of drug-likeness (QED) is 0.403. The molecule has 0 radical (unpaired) electrons. The molecule has 4 aliphatic carbocycles. The van der Waals surface area contributed by atoms with Crippen molar-refractivity contribution in [2.24, 2.45) is 17.8 Å². The van der Waals surface area contributed by atoms with Gasteiger partial charge in [-0.05, 0) is 110 Å². The third kappa shape index (κ3) is 6.45. The average molecular weight is 584 g/mol. The fraction of sp³-hybridized carbons (Fsp3) is 0.562. The summed E-state index contributed by atoms with van der Waals surface area (Å²) in [4.78, 5) is 27.9. The van der Waals surface area contributed by atoms with Crippen molar-refractivity contribution < 1.29 is 22.4 Å². The number of carbonyl (C=O) groups excluding carboxylic acids is 2. The lowest BCUT2D eigenvalue weighted by Crippen LogP contribution is -2.51. The number of benzene rings is 2. The van der Waals surface area contributed by atoms with Gasteiger partial charge in [-0.25, -0.2) is 12.8 Å². The summed E-state index contributed by atoms with van der Waals surface area (Å²) < 4.78 is 40.6. The van der Waals surface area contributed by atoms with Gasteiger partial charge in [0.25, 0.3) is 0 Å². The molecule has 4 bridgehead atoms. The first kappa shape index (κ1) is 29.5. The largest absolute Gasteiger partial charge is 0.354 e. The van der Waals surface area contributed by atoms with Crippen LogP contribution in [0.3, 0.4) is 0 Å². The molecule has 1 atom stereocenters. The van der Waals surface area contributed by atoms with E-state index >= 15 is 0 Å². The average Bonchev–Trinajstić information content (AvgIpc) is 2.92. The number of carbonyl (C=O) groups is 2. The van der Waals surface area contributed by atoms with Crippen LogP contribution in [-0.2, 0) is 31.6 Å². The summed E-state index contributed by atoms with van der Waals surface area (Å²) in [6.45, 7) is 3.63. The molecular weight excluding hydrogens is 541 g/mol. The van der Waals surface area contributed by atoms with Crippen LogP contribution >= 0.6 is 0 Å². The summed E-state index contributed by atoms with van der Waals surface area (Å²) in [6, 6.07) is 12.6. The predicted octanol–water partition coefficient (Wildman–Crippen LogP) is 5.00. The molecule has 0 spiro atoms. The minimum atomic E-state index is -3.81. The lowest BCUT2D eigenvalue weighted by atomic mass is 9.48. The Balaban J connectivity index is 1.37. The summed E-state index contributed by atoms with van der Waals surface area (Å²) in [6.07, 6.45) is 9.52. The van der Waals surface area contributed by atoms with Crippen LogP contribution in [-0.4, -0.2) is 50.5 Å². The van der Waals surface area contributed by atoms with Gasteiger partial charge in [0.2, 0.25) is 21.8 Å². The molecule has 0 aliphatic heterocycles. The first-order chi connectivity index (χ1) is 19.5. The van der Waals surface area contributed by atoms with Gasteiger partial charge in [0.05, 0.1) is 11.9 Å². The molecule has 222 valence electrons. The van der Waals surface area contributed by atoms with Gasteiger partial charge in [-0.15, -0.1) is 0 Å². The van der Waals surface area contributed by atoms with Crippen molar-refractivity contribution in [3.05, 3.63) is 65.5 Å². The first-order valence-electron chi connectivity index (χ1n) is 14.9. The Hall–Kier alpha value is -2.94. The van der Waals surface area contributed by atoms with E-state index in [4.69, 9.17) is 0 Å². The van der Waals surface area contributed by atoms with E-state index < -0.39 is 34.3 Å². The van der Waals surface area contributed by atoms with Crippen LogP contribution in [0.2, 0.25) is 0 Å². The minimum absolute atomic E-state index is 0.0440. The smallest absolute Gasteiger partial charge is 0.244 e. The standard InChI is InChI=1S/C32H42FN3O4S/c1-4-13-34-31(38)22(2)35(20-23-5-9-28(33)10-6-23)30(37)21-36(41(3,39)40)29-11-7-27(8-12-29)32-17-24-14-25(18-32)16-26(15-24)19-32/h5-12,22,24-26H,4,13-21H2,1-3H3,(H,34,38)/t22-,24?,25?,26?,32?/m0/s1. The summed E-state index contributed by atoms with van der Waals surface area (Å²) >= 11 is 0. The van der Waals surface area contributed by atoms with Crippen LogP contribution < -0.4 is 9.62 Å². The maximum absolute atomic E-state index is 13.7. The van der Waals surface area contributed by atoms with Crippen molar-refractivity contribution in [1.82, 2.24) is 10.2 Å². The van der Waals surface area contributed by atoms with Crippen molar-refractivity contribution in [1.29, 1.82) is 0 Å². The highest BCUT2D eigenvalue weighted by atomic mass is 32.2. The SMILES string of the molecule is CCCNC(=O)[C@H](C)N(Cc1ccc(F)cc1)C(=O)CN(c1ccc(C23CC4CC(CC(C4)C2)C3)cc1)S(C)(=O)=O. The van der Waals surface area contributed by atoms with Crippen LogP contribution in [0.1, 0.15) is 69.9 Å². The highest BCUT2D eigenvalue weighted by Gasteiger charge is 2.51. The Kier molecular flexibility index (Phi) is 8.46. The predicted molar refractivity (Wildman–Crippen MR) is 158 cm³/mol. The van der Waals surface area contributed by atoms with Gasteiger partial charge in [-0.3, -0.25) is 13.9 Å². The maximum Gasteiger partial charge on any atom is 0.244 e. The zero-order chi connectivity index (χ0) is 29.4. The van der Waals surface area contributed by atoms with E-state index in [1.807, 2.05) is 19.1 Å². The second-order valence-corrected chi connectivity index (χ2v) is 14.5. The second kappa shape index (κ2) is 11.7. The van der Waals surface area contributed by atoms with Gasteiger partial charge in [0.1, 0.15) is 18.4 Å². The number of hydrogen-bond acceptors (Lipinski definition) is 4. The lowest BCUT2D eigenvalue weighted by Gasteiger charge is -2.57. The van der Waals surface area contributed by atoms with Crippen LogP contribution in [0.25, 0.3) is 0 Å². The molecule has 4 aliphatic rings. The molecule has 0 aromatic heterocycles. The number of rotatable bonds is 11.